The van der Waals surface area contributed by atoms with Gasteiger partial charge in [0.2, 0.25) is 0 Å². The highest BCUT2D eigenvalue weighted by molar-refractivity contribution is 5.96. The number of nitrogens with one attached hydrogen (secondary N) is 1. The molecule has 0 amide bonds. The van der Waals surface area contributed by atoms with Gasteiger partial charge in [-0.05, 0) is 26.0 Å². The molecule has 0 radical (unpaired) electrons. The molecule has 3 heteroatoms. The molecule has 0 saturated carbocycles. The lowest BCUT2D eigenvalue weighted by Gasteiger charge is -2.03. The van der Waals surface area contributed by atoms with E-state index in [1.807, 2.05) is 31.2 Å². The van der Waals surface area contributed by atoms with Crippen LogP contribution >= 0.6 is 0 Å². The summed E-state index contributed by atoms with van der Waals surface area (Å²) in [6.07, 6.45) is 0. The van der Waals surface area contributed by atoms with E-state index in [0.29, 0.717) is 11.4 Å². The largest absolute Gasteiger partial charge is 0.303 e. The molecule has 14 heavy (non-hydrogen) atoms. The fraction of sp³-hybridized carbons (Fsp3) is 0.182. The summed E-state index contributed by atoms with van der Waals surface area (Å²) >= 11 is 0. The standard InChI is InChI=1S/C11H11N3/c1-7(12)11-8(2)13-9-5-3-4-6-10(9)14-11/h3-6,12H,1-2H3. The molecule has 1 aromatic heterocycles. The van der Waals surface area contributed by atoms with Gasteiger partial charge in [0.15, 0.2) is 0 Å². The van der Waals surface area contributed by atoms with Crippen molar-refractivity contribution in [2.24, 2.45) is 0 Å². The first-order valence-electron chi connectivity index (χ1n) is 4.47. The summed E-state index contributed by atoms with van der Waals surface area (Å²) in [7, 11) is 0. The second kappa shape index (κ2) is 3.18. The zero-order chi connectivity index (χ0) is 10.1. The Bertz CT molecular complexity index is 503. The minimum Gasteiger partial charge on any atom is -0.303 e. The van der Waals surface area contributed by atoms with Gasteiger partial charge in [-0.2, -0.15) is 0 Å². The second-order valence-electron chi connectivity index (χ2n) is 3.27. The van der Waals surface area contributed by atoms with Crippen LogP contribution in [0.4, 0.5) is 0 Å². The van der Waals surface area contributed by atoms with E-state index < -0.39 is 0 Å². The lowest BCUT2D eigenvalue weighted by Crippen LogP contribution is -2.03. The Morgan fingerprint density at radius 3 is 2.29 bits per heavy atom. The molecule has 2 rings (SSSR count). The van der Waals surface area contributed by atoms with Gasteiger partial charge in [0.05, 0.1) is 22.4 Å². The van der Waals surface area contributed by atoms with Crippen LogP contribution in [0.15, 0.2) is 24.3 Å². The van der Waals surface area contributed by atoms with Gasteiger partial charge in [-0.25, -0.2) is 9.97 Å². The highest BCUT2D eigenvalue weighted by atomic mass is 14.8. The molecule has 0 bridgehead atoms. The van der Waals surface area contributed by atoms with Crippen LogP contribution in [0.1, 0.15) is 18.3 Å². The lowest BCUT2D eigenvalue weighted by molar-refractivity contribution is 1.15. The van der Waals surface area contributed by atoms with Crippen LogP contribution in [0.3, 0.4) is 0 Å². The molecule has 0 fully saturated rings. The first kappa shape index (κ1) is 8.81. The summed E-state index contributed by atoms with van der Waals surface area (Å²) in [4.78, 5) is 8.78. The number of hydrogen-bond donors (Lipinski definition) is 1. The minimum atomic E-state index is 0.459. The minimum absolute atomic E-state index is 0.459. The quantitative estimate of drug-likeness (QED) is 0.693. The van der Waals surface area contributed by atoms with Gasteiger partial charge in [-0.3, -0.25) is 0 Å². The third-order valence-corrected chi connectivity index (χ3v) is 2.10. The molecule has 2 aromatic rings. The number of fused-ring (bicyclic) bond motifs is 1. The molecule has 1 aromatic carbocycles. The maximum atomic E-state index is 7.55. The molecular formula is C11H11N3. The fourth-order valence-electron chi connectivity index (χ4n) is 1.44. The summed E-state index contributed by atoms with van der Waals surface area (Å²) in [6.45, 7) is 3.61. The van der Waals surface area contributed by atoms with E-state index in [1.165, 1.54) is 0 Å². The third-order valence-electron chi connectivity index (χ3n) is 2.10. The monoisotopic (exact) mass is 185 g/mol. The Hall–Kier alpha value is -1.77. The van der Waals surface area contributed by atoms with Crippen LogP contribution in [0.2, 0.25) is 0 Å². The molecule has 0 saturated heterocycles. The summed E-state index contributed by atoms with van der Waals surface area (Å²) < 4.78 is 0. The summed E-state index contributed by atoms with van der Waals surface area (Å²) in [5.74, 6) is 0. The van der Waals surface area contributed by atoms with E-state index in [9.17, 15) is 0 Å². The average Bonchev–Trinajstić information content (AvgIpc) is 2.16. The molecule has 0 unspecified atom stereocenters. The molecule has 3 nitrogen and oxygen atoms in total. The zero-order valence-electron chi connectivity index (χ0n) is 8.20. The maximum Gasteiger partial charge on any atom is 0.105 e. The van der Waals surface area contributed by atoms with Gasteiger partial charge in [-0.1, -0.05) is 12.1 Å². The third kappa shape index (κ3) is 1.37. The smallest absolute Gasteiger partial charge is 0.105 e. The number of para-hydroxylation sites is 2. The topological polar surface area (TPSA) is 49.6 Å². The molecule has 0 aliphatic carbocycles. The van der Waals surface area contributed by atoms with Gasteiger partial charge >= 0.3 is 0 Å². The first-order valence-corrected chi connectivity index (χ1v) is 4.47. The van der Waals surface area contributed by atoms with Crippen molar-refractivity contribution in [3.63, 3.8) is 0 Å². The number of nitrogens with zero attached hydrogens (tertiary/aromatic N) is 2. The van der Waals surface area contributed by atoms with Crippen molar-refractivity contribution in [3.05, 3.63) is 35.7 Å². The molecule has 1 N–H and O–H groups in total. The van der Waals surface area contributed by atoms with Crippen molar-refractivity contribution < 1.29 is 0 Å². The SMILES string of the molecule is CC(=N)c1nc2ccccc2nc1C. The van der Waals surface area contributed by atoms with Crippen molar-refractivity contribution >= 4 is 16.7 Å². The van der Waals surface area contributed by atoms with Gasteiger partial charge in [0.25, 0.3) is 0 Å². The summed E-state index contributed by atoms with van der Waals surface area (Å²) in [6, 6.07) is 7.70. The van der Waals surface area contributed by atoms with Gasteiger partial charge in [-0.15, -0.1) is 0 Å². The van der Waals surface area contributed by atoms with E-state index in [-0.39, 0.29) is 0 Å². The fourth-order valence-corrected chi connectivity index (χ4v) is 1.44. The Morgan fingerprint density at radius 1 is 1.14 bits per heavy atom. The molecule has 70 valence electrons. The van der Waals surface area contributed by atoms with Gasteiger partial charge in [0, 0.05) is 0 Å². The van der Waals surface area contributed by atoms with Crippen molar-refractivity contribution in [3.8, 4) is 0 Å². The maximum absolute atomic E-state index is 7.55. The van der Waals surface area contributed by atoms with E-state index >= 15 is 0 Å². The average molecular weight is 185 g/mol. The van der Waals surface area contributed by atoms with Crippen LogP contribution < -0.4 is 0 Å². The Morgan fingerprint density at radius 2 is 1.71 bits per heavy atom. The van der Waals surface area contributed by atoms with Crippen LogP contribution in [0.5, 0.6) is 0 Å². The van der Waals surface area contributed by atoms with E-state index in [4.69, 9.17) is 5.41 Å². The highest BCUT2D eigenvalue weighted by Gasteiger charge is 2.05. The van der Waals surface area contributed by atoms with Crippen LogP contribution in [0.25, 0.3) is 11.0 Å². The summed E-state index contributed by atoms with van der Waals surface area (Å²) in [5.41, 5.74) is 3.69. The van der Waals surface area contributed by atoms with E-state index in [0.717, 1.165) is 16.7 Å². The predicted molar refractivity (Wildman–Crippen MR) is 56.8 cm³/mol. The number of rotatable bonds is 1. The van der Waals surface area contributed by atoms with Gasteiger partial charge in [0.1, 0.15) is 5.69 Å². The van der Waals surface area contributed by atoms with Crippen LogP contribution in [-0.4, -0.2) is 15.7 Å². The number of benzene rings is 1. The molecule has 0 spiro atoms. The van der Waals surface area contributed by atoms with Crippen LogP contribution in [-0.2, 0) is 0 Å². The predicted octanol–water partition coefficient (Wildman–Crippen LogP) is 2.33. The normalized spacial score (nSPS) is 10.4. The van der Waals surface area contributed by atoms with E-state index in [1.54, 1.807) is 6.92 Å². The Labute approximate surface area is 82.3 Å². The first-order chi connectivity index (χ1) is 6.68. The zero-order valence-corrected chi connectivity index (χ0v) is 8.20. The molecular weight excluding hydrogens is 174 g/mol. The molecule has 0 atom stereocenters. The molecule has 1 heterocycles. The van der Waals surface area contributed by atoms with Crippen molar-refractivity contribution in [2.45, 2.75) is 13.8 Å². The highest BCUT2D eigenvalue weighted by Crippen LogP contribution is 2.12. The Balaban J connectivity index is 2.77. The molecule has 0 aliphatic heterocycles. The number of aryl methyl sites for hydroxylation is 1. The molecule has 0 aliphatic rings. The van der Waals surface area contributed by atoms with Gasteiger partial charge < -0.3 is 5.41 Å². The van der Waals surface area contributed by atoms with E-state index in [2.05, 4.69) is 9.97 Å². The van der Waals surface area contributed by atoms with Crippen molar-refractivity contribution in [1.82, 2.24) is 9.97 Å². The Kier molecular flexibility index (Phi) is 2.00. The summed E-state index contributed by atoms with van der Waals surface area (Å²) in [5, 5.41) is 7.55. The second-order valence-corrected chi connectivity index (χ2v) is 3.27. The van der Waals surface area contributed by atoms with Crippen molar-refractivity contribution in [2.75, 3.05) is 0 Å². The van der Waals surface area contributed by atoms with Crippen molar-refractivity contribution in [1.29, 1.82) is 5.41 Å². The van der Waals surface area contributed by atoms with Crippen LogP contribution in [0, 0.1) is 12.3 Å². The lowest BCUT2D eigenvalue weighted by atomic mass is 10.2. The number of aromatic nitrogens is 2. The number of hydrogen-bond acceptors (Lipinski definition) is 3.